The van der Waals surface area contributed by atoms with Gasteiger partial charge in [0.15, 0.2) is 5.82 Å². The van der Waals surface area contributed by atoms with Gasteiger partial charge >= 0.3 is 0 Å². The molecule has 0 atom stereocenters. The van der Waals surface area contributed by atoms with Crippen molar-refractivity contribution in [3.05, 3.63) is 51.2 Å². The largest absolute Gasteiger partial charge is 0.399 e. The van der Waals surface area contributed by atoms with Crippen LogP contribution in [0.5, 0.6) is 0 Å². The third-order valence-electron chi connectivity index (χ3n) is 2.48. The molecule has 0 saturated heterocycles. The van der Waals surface area contributed by atoms with E-state index >= 15 is 0 Å². The maximum Gasteiger partial charge on any atom is 0.264 e. The summed E-state index contributed by atoms with van der Waals surface area (Å²) in [7, 11) is -4.26. The van der Waals surface area contributed by atoms with Gasteiger partial charge in [0.25, 0.3) is 10.0 Å². The number of hydrogen-bond acceptors (Lipinski definition) is 3. The molecule has 21 heavy (non-hydrogen) atoms. The summed E-state index contributed by atoms with van der Waals surface area (Å²) in [5.41, 5.74) is 5.51. The summed E-state index contributed by atoms with van der Waals surface area (Å²) in [6, 6.07) is 6.27. The summed E-state index contributed by atoms with van der Waals surface area (Å²) in [5, 5.41) is -0.0193. The Morgan fingerprint density at radius 1 is 1.05 bits per heavy atom. The lowest BCUT2D eigenvalue weighted by Gasteiger charge is -2.12. The molecular weight excluding hydrogens is 362 g/mol. The molecule has 0 aromatic heterocycles. The van der Waals surface area contributed by atoms with Gasteiger partial charge in [-0.1, -0.05) is 34.8 Å². The van der Waals surface area contributed by atoms with Gasteiger partial charge in [0.05, 0.1) is 15.7 Å². The lowest BCUT2D eigenvalue weighted by atomic mass is 10.3. The molecule has 0 aliphatic heterocycles. The Morgan fingerprint density at radius 3 is 2.38 bits per heavy atom. The summed E-state index contributed by atoms with van der Waals surface area (Å²) in [6.45, 7) is 0. The Balaban J connectivity index is 2.51. The molecule has 2 aromatic carbocycles. The number of nitrogens with two attached hydrogens (primary N) is 1. The lowest BCUT2D eigenvalue weighted by Crippen LogP contribution is -2.15. The molecule has 0 aliphatic carbocycles. The van der Waals surface area contributed by atoms with E-state index in [1.165, 1.54) is 18.2 Å². The maximum atomic E-state index is 13.9. The molecule has 0 bridgehead atoms. The normalized spacial score (nSPS) is 11.4. The fourth-order valence-electron chi connectivity index (χ4n) is 1.55. The monoisotopic (exact) mass is 368 g/mol. The van der Waals surface area contributed by atoms with E-state index in [9.17, 15) is 12.8 Å². The summed E-state index contributed by atoms with van der Waals surface area (Å²) in [4.78, 5) is -0.677. The van der Waals surface area contributed by atoms with Crippen molar-refractivity contribution in [2.45, 2.75) is 4.90 Å². The molecule has 0 aliphatic rings. The number of benzene rings is 2. The van der Waals surface area contributed by atoms with E-state index in [-0.39, 0.29) is 21.4 Å². The molecule has 0 fully saturated rings. The third-order valence-corrected chi connectivity index (χ3v) is 4.68. The van der Waals surface area contributed by atoms with E-state index < -0.39 is 25.8 Å². The first-order valence-corrected chi connectivity index (χ1v) is 8.05. The number of sulfonamides is 1. The quantitative estimate of drug-likeness (QED) is 0.798. The van der Waals surface area contributed by atoms with Crippen molar-refractivity contribution >= 4 is 56.2 Å². The highest BCUT2D eigenvalue weighted by atomic mass is 35.5. The van der Waals surface area contributed by atoms with E-state index in [1.807, 2.05) is 0 Å². The van der Waals surface area contributed by atoms with Crippen LogP contribution in [0.3, 0.4) is 0 Å². The molecular formula is C12H8Cl3FN2O2S. The predicted octanol–water partition coefficient (Wildman–Crippen LogP) is 4.17. The van der Waals surface area contributed by atoms with Crippen LogP contribution in [0, 0.1) is 5.82 Å². The summed E-state index contributed by atoms with van der Waals surface area (Å²) >= 11 is 17.2. The zero-order valence-electron chi connectivity index (χ0n) is 10.2. The fourth-order valence-corrected chi connectivity index (χ4v) is 3.44. The van der Waals surface area contributed by atoms with Crippen LogP contribution in [0.25, 0.3) is 0 Å². The van der Waals surface area contributed by atoms with Crippen LogP contribution in [0.1, 0.15) is 0 Å². The molecule has 3 N–H and O–H groups in total. The molecule has 0 amide bonds. The van der Waals surface area contributed by atoms with E-state index in [0.717, 1.165) is 12.1 Å². The second-order valence-electron chi connectivity index (χ2n) is 4.04. The molecule has 2 aromatic rings. The average Bonchev–Trinajstić information content (AvgIpc) is 2.37. The van der Waals surface area contributed by atoms with Crippen molar-refractivity contribution < 1.29 is 12.8 Å². The van der Waals surface area contributed by atoms with Gasteiger partial charge in [0.2, 0.25) is 0 Å². The molecule has 112 valence electrons. The maximum absolute atomic E-state index is 13.9. The van der Waals surface area contributed by atoms with E-state index in [1.54, 1.807) is 0 Å². The minimum absolute atomic E-state index is 0.0129. The highest BCUT2D eigenvalue weighted by Gasteiger charge is 2.23. The van der Waals surface area contributed by atoms with Crippen molar-refractivity contribution in [1.29, 1.82) is 0 Å². The SMILES string of the molecule is Nc1cc(Cl)c(F)c(S(=O)(=O)Nc2cc(Cl)ccc2Cl)c1. The van der Waals surface area contributed by atoms with Crippen LogP contribution in [0.2, 0.25) is 15.1 Å². The first kappa shape index (κ1) is 16.2. The number of hydrogen-bond donors (Lipinski definition) is 2. The number of rotatable bonds is 3. The molecule has 2 rings (SSSR count). The highest BCUT2D eigenvalue weighted by molar-refractivity contribution is 7.92. The summed E-state index contributed by atoms with van der Waals surface area (Å²) in [6.07, 6.45) is 0. The molecule has 0 saturated carbocycles. The molecule has 0 spiro atoms. The Labute approximate surface area is 135 Å². The van der Waals surface area contributed by atoms with Crippen molar-refractivity contribution in [3.63, 3.8) is 0 Å². The second-order valence-corrected chi connectivity index (χ2v) is 6.95. The first-order chi connectivity index (χ1) is 9.70. The minimum Gasteiger partial charge on any atom is -0.399 e. The molecule has 0 radical (unpaired) electrons. The van der Waals surface area contributed by atoms with E-state index in [2.05, 4.69) is 4.72 Å². The number of halogens is 4. The van der Waals surface area contributed by atoms with Crippen molar-refractivity contribution in [1.82, 2.24) is 0 Å². The third kappa shape index (κ3) is 3.52. The molecule has 0 heterocycles. The molecule has 9 heteroatoms. The second kappa shape index (κ2) is 5.88. The number of nitrogen functional groups attached to an aromatic ring is 1. The van der Waals surface area contributed by atoms with E-state index in [0.29, 0.717) is 0 Å². The smallest absolute Gasteiger partial charge is 0.264 e. The van der Waals surface area contributed by atoms with Gasteiger partial charge in [-0.2, -0.15) is 0 Å². The van der Waals surface area contributed by atoms with Crippen molar-refractivity contribution in [2.24, 2.45) is 0 Å². The van der Waals surface area contributed by atoms with Gasteiger partial charge in [-0.25, -0.2) is 12.8 Å². The van der Waals surface area contributed by atoms with Gasteiger partial charge in [-0.15, -0.1) is 0 Å². The average molecular weight is 370 g/mol. The predicted molar refractivity (Wildman–Crippen MR) is 83.1 cm³/mol. The van der Waals surface area contributed by atoms with Crippen molar-refractivity contribution in [2.75, 3.05) is 10.5 Å². The van der Waals surface area contributed by atoms with Gasteiger partial charge in [0, 0.05) is 10.7 Å². The summed E-state index contributed by atoms with van der Waals surface area (Å²) < 4.78 is 40.5. The van der Waals surface area contributed by atoms with Gasteiger partial charge in [0.1, 0.15) is 4.90 Å². The lowest BCUT2D eigenvalue weighted by molar-refractivity contribution is 0.571. The van der Waals surface area contributed by atoms with Gasteiger partial charge < -0.3 is 5.73 Å². The van der Waals surface area contributed by atoms with E-state index in [4.69, 9.17) is 40.5 Å². The zero-order valence-corrected chi connectivity index (χ0v) is 13.3. The Morgan fingerprint density at radius 2 is 1.71 bits per heavy atom. The summed E-state index contributed by atoms with van der Waals surface area (Å²) in [5.74, 6) is -1.10. The minimum atomic E-state index is -4.26. The van der Waals surface area contributed by atoms with Crippen LogP contribution in [0.15, 0.2) is 35.2 Å². The van der Waals surface area contributed by atoms with Crippen molar-refractivity contribution in [3.8, 4) is 0 Å². The van der Waals surface area contributed by atoms with Gasteiger partial charge in [-0.3, -0.25) is 4.72 Å². The standard InChI is InChI=1S/C12H8Cl3FN2O2S/c13-6-1-2-8(14)10(3-6)18-21(19,20)11-5-7(17)4-9(15)12(11)16/h1-5,18H,17H2. The number of nitrogens with one attached hydrogen (secondary N) is 1. The number of anilines is 2. The molecule has 0 unspecified atom stereocenters. The fraction of sp³-hybridized carbons (Fsp3) is 0. The van der Waals surface area contributed by atoms with Crippen LogP contribution in [0.4, 0.5) is 15.8 Å². The zero-order chi connectivity index (χ0) is 15.8. The van der Waals surface area contributed by atoms with Gasteiger partial charge in [-0.05, 0) is 30.3 Å². The van der Waals surface area contributed by atoms with Crippen LogP contribution >= 0.6 is 34.8 Å². The van der Waals surface area contributed by atoms with Crippen LogP contribution < -0.4 is 10.5 Å². The van der Waals surface area contributed by atoms with Crippen LogP contribution in [-0.2, 0) is 10.0 Å². The first-order valence-electron chi connectivity index (χ1n) is 5.43. The Bertz CT molecular complexity index is 812. The Kier molecular flexibility index (Phi) is 4.53. The molecule has 4 nitrogen and oxygen atoms in total. The topological polar surface area (TPSA) is 72.2 Å². The van der Waals surface area contributed by atoms with Crippen LogP contribution in [-0.4, -0.2) is 8.42 Å². The Hall–Kier alpha value is -1.21. The highest BCUT2D eigenvalue weighted by Crippen LogP contribution is 2.30.